The molecule has 1 aromatic rings. The Morgan fingerprint density at radius 2 is 2.14 bits per heavy atom. The summed E-state index contributed by atoms with van der Waals surface area (Å²) in [7, 11) is 0. The number of carbonyl (C=O) groups excluding carboxylic acids is 2. The minimum Gasteiger partial charge on any atom is -0.465 e. The summed E-state index contributed by atoms with van der Waals surface area (Å²) >= 11 is 0. The molecule has 0 aromatic heterocycles. The number of hydrogen-bond acceptors (Lipinski definition) is 7. The van der Waals surface area contributed by atoms with Crippen molar-refractivity contribution in [3.05, 3.63) is 35.9 Å². The van der Waals surface area contributed by atoms with E-state index in [-0.39, 0.29) is 25.4 Å². The monoisotopic (exact) mass is 306 g/mol. The predicted octanol–water partition coefficient (Wildman–Crippen LogP) is -0.376. The van der Waals surface area contributed by atoms with Gasteiger partial charge in [0.1, 0.15) is 6.54 Å². The molecule has 1 aromatic carbocycles. The summed E-state index contributed by atoms with van der Waals surface area (Å²) in [5.41, 5.74) is 7.24. The van der Waals surface area contributed by atoms with Crippen LogP contribution in [0.2, 0.25) is 0 Å². The second-order valence-electron chi connectivity index (χ2n) is 4.86. The lowest BCUT2D eigenvalue weighted by molar-refractivity contribution is -0.149. The summed E-state index contributed by atoms with van der Waals surface area (Å²) in [6, 6.07) is 9.10. The van der Waals surface area contributed by atoms with Crippen molar-refractivity contribution in [1.29, 1.82) is 0 Å². The minimum atomic E-state index is -1.55. The number of benzene rings is 1. The first kappa shape index (κ1) is 15.9. The number of esters is 1. The number of amidine groups is 1. The molecule has 1 unspecified atom stereocenters. The first-order valence-electron chi connectivity index (χ1n) is 6.81. The van der Waals surface area contributed by atoms with E-state index in [1.807, 2.05) is 35.8 Å². The van der Waals surface area contributed by atoms with Gasteiger partial charge in [0.05, 0.1) is 6.61 Å². The quantitative estimate of drug-likeness (QED) is 0.504. The fraction of sp³-hybridized carbons (Fsp3) is 0.357. The van der Waals surface area contributed by atoms with Gasteiger partial charge in [-0.1, -0.05) is 30.3 Å². The van der Waals surface area contributed by atoms with Gasteiger partial charge < -0.3 is 10.5 Å². The van der Waals surface area contributed by atoms with Crippen molar-refractivity contribution >= 4 is 17.7 Å². The number of carbonyl (C=O) groups is 2. The van der Waals surface area contributed by atoms with E-state index in [2.05, 4.69) is 5.10 Å². The molecule has 2 rings (SSSR count). The SMILES string of the molecule is CCOC(=O)CN1N=C(NO)C(N)(Cc2ccccc2)C1=O. The Balaban J connectivity index is 2.19. The van der Waals surface area contributed by atoms with E-state index in [1.54, 1.807) is 6.92 Å². The second-order valence-corrected chi connectivity index (χ2v) is 4.86. The van der Waals surface area contributed by atoms with E-state index in [0.717, 1.165) is 10.6 Å². The van der Waals surface area contributed by atoms with Crippen LogP contribution in [0.25, 0.3) is 0 Å². The molecule has 1 aliphatic rings. The van der Waals surface area contributed by atoms with Crippen LogP contribution in [0.4, 0.5) is 0 Å². The standard InChI is InChI=1S/C14H18N4O4/c1-2-22-11(19)9-18-13(20)14(15,12(16-18)17-21)8-10-6-4-3-5-7-10/h3-7,21H,2,8-9,15H2,1H3,(H,16,17). The molecule has 0 radical (unpaired) electrons. The molecule has 1 heterocycles. The Kier molecular flexibility index (Phi) is 4.74. The number of nitrogens with two attached hydrogens (primary N) is 1. The van der Waals surface area contributed by atoms with Crippen LogP contribution in [-0.4, -0.2) is 46.6 Å². The van der Waals surface area contributed by atoms with Gasteiger partial charge in [0.25, 0.3) is 5.91 Å². The number of hydrogen-bond donors (Lipinski definition) is 3. The summed E-state index contributed by atoms with van der Waals surface area (Å²) < 4.78 is 4.78. The molecule has 118 valence electrons. The van der Waals surface area contributed by atoms with Crippen LogP contribution in [-0.2, 0) is 20.7 Å². The maximum absolute atomic E-state index is 12.5. The molecular formula is C14H18N4O4. The van der Waals surface area contributed by atoms with Gasteiger partial charge in [-0.2, -0.15) is 5.10 Å². The molecule has 0 saturated heterocycles. The third-order valence-electron chi connectivity index (χ3n) is 3.28. The first-order valence-corrected chi connectivity index (χ1v) is 6.81. The van der Waals surface area contributed by atoms with E-state index in [4.69, 9.17) is 10.5 Å². The van der Waals surface area contributed by atoms with Crippen molar-refractivity contribution in [2.45, 2.75) is 18.9 Å². The maximum Gasteiger partial charge on any atom is 0.327 e. The van der Waals surface area contributed by atoms with Gasteiger partial charge in [-0.25, -0.2) is 5.01 Å². The molecule has 1 amide bonds. The number of nitrogens with one attached hydrogen (secondary N) is 1. The summed E-state index contributed by atoms with van der Waals surface area (Å²) in [4.78, 5) is 24.0. The number of nitrogens with zero attached hydrogens (tertiary/aromatic N) is 2. The maximum atomic E-state index is 12.5. The number of hydroxylamine groups is 1. The smallest absolute Gasteiger partial charge is 0.327 e. The zero-order chi connectivity index (χ0) is 16.2. The van der Waals surface area contributed by atoms with Crippen LogP contribution in [0.5, 0.6) is 0 Å². The summed E-state index contributed by atoms with van der Waals surface area (Å²) in [5.74, 6) is -1.28. The van der Waals surface area contributed by atoms with Crippen molar-refractivity contribution in [1.82, 2.24) is 10.5 Å². The van der Waals surface area contributed by atoms with Gasteiger partial charge in [0.2, 0.25) is 0 Å². The molecule has 4 N–H and O–H groups in total. The van der Waals surface area contributed by atoms with E-state index in [0.29, 0.717) is 0 Å². The van der Waals surface area contributed by atoms with Crippen LogP contribution in [0.1, 0.15) is 12.5 Å². The highest BCUT2D eigenvalue weighted by atomic mass is 16.5. The molecule has 0 bridgehead atoms. The Bertz CT molecular complexity index is 590. The van der Waals surface area contributed by atoms with Gasteiger partial charge >= 0.3 is 5.97 Å². The molecule has 8 heteroatoms. The van der Waals surface area contributed by atoms with Gasteiger partial charge in [-0.05, 0) is 12.5 Å². The second kappa shape index (κ2) is 6.54. The minimum absolute atomic E-state index is 0.106. The Hall–Kier alpha value is -2.45. The van der Waals surface area contributed by atoms with Gasteiger partial charge in [0, 0.05) is 6.42 Å². The van der Waals surface area contributed by atoms with E-state index < -0.39 is 17.4 Å². The first-order chi connectivity index (χ1) is 10.5. The summed E-state index contributed by atoms with van der Waals surface area (Å²) in [6.45, 7) is 1.51. The summed E-state index contributed by atoms with van der Waals surface area (Å²) in [5, 5.41) is 14.0. The molecule has 0 saturated carbocycles. The largest absolute Gasteiger partial charge is 0.465 e. The average Bonchev–Trinajstić information content (AvgIpc) is 2.73. The molecule has 1 aliphatic heterocycles. The van der Waals surface area contributed by atoms with Crippen LogP contribution < -0.4 is 11.2 Å². The zero-order valence-electron chi connectivity index (χ0n) is 12.2. The molecule has 0 aliphatic carbocycles. The lowest BCUT2D eigenvalue weighted by Crippen LogP contribution is -2.59. The van der Waals surface area contributed by atoms with E-state index in [9.17, 15) is 14.8 Å². The highest BCUT2D eigenvalue weighted by Crippen LogP contribution is 2.21. The van der Waals surface area contributed by atoms with Crippen molar-refractivity contribution in [2.24, 2.45) is 10.8 Å². The van der Waals surface area contributed by atoms with E-state index in [1.165, 1.54) is 0 Å². The summed E-state index contributed by atoms with van der Waals surface area (Å²) in [6.07, 6.45) is 0.137. The van der Waals surface area contributed by atoms with Gasteiger partial charge in [-0.15, -0.1) is 0 Å². The van der Waals surface area contributed by atoms with Crippen LogP contribution in [0.15, 0.2) is 35.4 Å². The van der Waals surface area contributed by atoms with Crippen LogP contribution >= 0.6 is 0 Å². The third-order valence-corrected chi connectivity index (χ3v) is 3.28. The fourth-order valence-corrected chi connectivity index (χ4v) is 2.22. The van der Waals surface area contributed by atoms with Crippen molar-refractivity contribution in [2.75, 3.05) is 13.2 Å². The number of amides is 1. The Labute approximate surface area is 127 Å². The highest BCUT2D eigenvalue weighted by molar-refractivity contribution is 6.15. The number of rotatable bonds is 5. The predicted molar refractivity (Wildman–Crippen MR) is 77.8 cm³/mol. The van der Waals surface area contributed by atoms with Crippen molar-refractivity contribution in [3.63, 3.8) is 0 Å². The molecule has 22 heavy (non-hydrogen) atoms. The fourth-order valence-electron chi connectivity index (χ4n) is 2.22. The van der Waals surface area contributed by atoms with Crippen molar-refractivity contribution < 1.29 is 19.5 Å². The topological polar surface area (TPSA) is 117 Å². The third kappa shape index (κ3) is 3.07. The lowest BCUT2D eigenvalue weighted by Gasteiger charge is -2.23. The Morgan fingerprint density at radius 1 is 1.45 bits per heavy atom. The number of ether oxygens (including phenoxy) is 1. The van der Waals surface area contributed by atoms with Crippen molar-refractivity contribution in [3.8, 4) is 0 Å². The molecular weight excluding hydrogens is 288 g/mol. The highest BCUT2D eigenvalue weighted by Gasteiger charge is 2.49. The molecule has 8 nitrogen and oxygen atoms in total. The van der Waals surface area contributed by atoms with E-state index >= 15 is 0 Å². The molecule has 1 atom stereocenters. The molecule has 0 spiro atoms. The normalized spacial score (nSPS) is 20.8. The van der Waals surface area contributed by atoms with Crippen LogP contribution in [0.3, 0.4) is 0 Å². The number of hydrazone groups is 1. The average molecular weight is 306 g/mol. The zero-order valence-corrected chi connectivity index (χ0v) is 12.2. The van der Waals surface area contributed by atoms with Gasteiger partial charge in [0.15, 0.2) is 11.4 Å². The lowest BCUT2D eigenvalue weighted by atomic mass is 9.90. The van der Waals surface area contributed by atoms with Gasteiger partial charge in [-0.3, -0.25) is 20.3 Å². The van der Waals surface area contributed by atoms with Crippen LogP contribution in [0, 0.1) is 0 Å². The molecule has 0 fully saturated rings. The Morgan fingerprint density at radius 3 is 2.73 bits per heavy atom.